The van der Waals surface area contributed by atoms with Gasteiger partial charge in [0.25, 0.3) is 0 Å². The number of methoxy groups -OCH3 is 1. The summed E-state index contributed by atoms with van der Waals surface area (Å²) < 4.78 is 33.0. The monoisotopic (exact) mass is 778 g/mol. The van der Waals surface area contributed by atoms with Crippen molar-refractivity contribution in [2.24, 2.45) is 5.92 Å². The number of rotatable bonds is 14. The summed E-state index contributed by atoms with van der Waals surface area (Å²) in [7, 11) is 1.32. The van der Waals surface area contributed by atoms with Crippen LogP contribution in [-0.4, -0.2) is 93.2 Å². The van der Waals surface area contributed by atoms with Crippen LogP contribution >= 0.6 is 11.3 Å². The topological polar surface area (TPSA) is 198 Å². The molecule has 17 heteroatoms. The zero-order chi connectivity index (χ0) is 39.6. The number of nitrogens with zero attached hydrogens (tertiary/aromatic N) is 3. The number of carboxylic acids is 1. The number of carboxylic acid groups (broad SMARTS) is 1. The summed E-state index contributed by atoms with van der Waals surface area (Å²) in [6.45, 7) is 10.7. The molecule has 1 saturated heterocycles. The number of amides is 4. The molecule has 1 aliphatic heterocycles. The molecular weight excluding hydrogens is 736 g/mol. The Hall–Kier alpha value is -5.58. The molecular formula is C38H43FN6O9S. The van der Waals surface area contributed by atoms with E-state index >= 15 is 4.39 Å². The van der Waals surface area contributed by atoms with Crippen LogP contribution in [0.25, 0.3) is 22.3 Å². The van der Waals surface area contributed by atoms with Gasteiger partial charge in [-0.25, -0.2) is 23.9 Å². The Balaban J connectivity index is 1.33. The standard InChI is InChI=1S/C38H43FN6O9S/c1-6-20-16-38(20,35(49)50)44-33(47)26-14-22(17-45(26)34(48)31(19(3)4)43-37(51)54-21-10-8-9-11-21)53-28-15-24(25-18-55-36(41-25)42-29(46)7-2)40-32-23(28)12-13-27(52-5)30(32)39/h6,12-13,15,18,20-22,26,31H,1,3,7-11,14,16-17H2,2,4-5H3,(H,43,51)(H,44,47)(H,49,50)(H,41,42,46)/t20-,22-,26+,31+,38-/m1/s1. The molecule has 5 atom stereocenters. The average molecular weight is 779 g/mol. The van der Waals surface area contributed by atoms with Gasteiger partial charge in [-0.3, -0.25) is 14.4 Å². The number of nitrogens with one attached hydrogen (secondary N) is 3. The number of aromatic nitrogens is 2. The maximum atomic E-state index is 15.8. The first-order valence-electron chi connectivity index (χ1n) is 18.0. The maximum absolute atomic E-state index is 15.8. The lowest BCUT2D eigenvalue weighted by Gasteiger charge is -2.29. The average Bonchev–Trinajstić information content (AvgIpc) is 3.57. The van der Waals surface area contributed by atoms with Gasteiger partial charge in [0.05, 0.1) is 19.3 Å². The van der Waals surface area contributed by atoms with Crippen LogP contribution in [0.1, 0.15) is 58.8 Å². The van der Waals surface area contributed by atoms with Crippen LogP contribution in [0.4, 0.5) is 14.3 Å². The molecule has 3 aromatic rings. The number of hydrogen-bond donors (Lipinski definition) is 4. The molecule has 3 fully saturated rings. The van der Waals surface area contributed by atoms with Gasteiger partial charge in [-0.1, -0.05) is 19.6 Å². The highest BCUT2D eigenvalue weighted by atomic mass is 32.1. The number of hydrogen-bond acceptors (Lipinski definition) is 11. The predicted molar refractivity (Wildman–Crippen MR) is 200 cm³/mol. The summed E-state index contributed by atoms with van der Waals surface area (Å²) in [6.07, 6.45) is 3.05. The van der Waals surface area contributed by atoms with E-state index in [1.165, 1.54) is 24.2 Å². The summed E-state index contributed by atoms with van der Waals surface area (Å²) in [6, 6.07) is 2.01. The molecule has 3 aliphatic rings. The van der Waals surface area contributed by atoms with Gasteiger partial charge >= 0.3 is 12.1 Å². The van der Waals surface area contributed by atoms with E-state index in [2.05, 4.69) is 39.1 Å². The molecule has 0 bridgehead atoms. The highest BCUT2D eigenvalue weighted by Crippen LogP contribution is 2.45. The molecule has 0 radical (unpaired) electrons. The van der Waals surface area contributed by atoms with Crippen LogP contribution in [0.2, 0.25) is 0 Å². The molecule has 2 aromatic heterocycles. The van der Waals surface area contributed by atoms with Crippen LogP contribution < -0.4 is 25.4 Å². The SMILES string of the molecule is C=C[C@@H]1C[C@]1(NC(=O)[C@@H]1C[C@@H](Oc2cc(-c3csc(NC(=O)CC)n3)nc3c(F)c(OC)ccc23)CN1C(=O)[C@@H](NC(=O)OC1CCCC1)C(=C)C)C(=O)O. The molecule has 4 amide bonds. The molecule has 1 aromatic carbocycles. The van der Waals surface area contributed by atoms with Crippen LogP contribution in [-0.2, 0) is 23.9 Å². The fourth-order valence-corrected chi connectivity index (χ4v) is 7.72. The third-order valence-electron chi connectivity index (χ3n) is 10.1. The first kappa shape index (κ1) is 39.1. The minimum atomic E-state index is -1.58. The number of anilines is 1. The summed E-state index contributed by atoms with van der Waals surface area (Å²) in [5.74, 6) is -4.09. The molecule has 55 heavy (non-hydrogen) atoms. The number of carbonyl (C=O) groups excluding carboxylic acids is 4. The molecule has 2 aliphatic carbocycles. The number of fused-ring (bicyclic) bond motifs is 1. The van der Waals surface area contributed by atoms with Crippen LogP contribution in [0.5, 0.6) is 11.5 Å². The van der Waals surface area contributed by atoms with E-state index in [1.54, 1.807) is 31.4 Å². The summed E-state index contributed by atoms with van der Waals surface area (Å²) in [4.78, 5) is 75.7. The van der Waals surface area contributed by atoms with Gasteiger partial charge in [0.15, 0.2) is 16.7 Å². The molecule has 15 nitrogen and oxygen atoms in total. The Morgan fingerprint density at radius 3 is 2.53 bits per heavy atom. The minimum Gasteiger partial charge on any atom is -0.494 e. The number of aliphatic carboxylic acids is 1. The Bertz CT molecular complexity index is 2050. The number of halogens is 1. The normalized spacial score (nSPS) is 22.4. The number of alkyl carbamates (subject to hydrolysis) is 1. The number of carbonyl (C=O) groups is 5. The number of benzene rings is 1. The van der Waals surface area contributed by atoms with Crippen molar-refractivity contribution < 1.29 is 47.7 Å². The predicted octanol–water partition coefficient (Wildman–Crippen LogP) is 4.96. The Morgan fingerprint density at radius 1 is 1.15 bits per heavy atom. The summed E-state index contributed by atoms with van der Waals surface area (Å²) in [5.41, 5.74) is -0.868. The molecule has 0 unspecified atom stereocenters. The quantitative estimate of drug-likeness (QED) is 0.161. The van der Waals surface area contributed by atoms with Crippen molar-refractivity contribution in [3.8, 4) is 22.9 Å². The van der Waals surface area contributed by atoms with E-state index in [9.17, 15) is 29.1 Å². The lowest BCUT2D eigenvalue weighted by atomic mass is 10.1. The number of pyridine rings is 1. The molecule has 2 saturated carbocycles. The Labute approximate surface area is 320 Å². The first-order chi connectivity index (χ1) is 26.3. The van der Waals surface area contributed by atoms with E-state index < -0.39 is 59.3 Å². The van der Waals surface area contributed by atoms with Crippen molar-refractivity contribution in [2.45, 2.75) is 88.6 Å². The zero-order valence-corrected chi connectivity index (χ0v) is 31.5. The van der Waals surface area contributed by atoms with E-state index in [-0.39, 0.29) is 71.5 Å². The van der Waals surface area contributed by atoms with Crippen LogP contribution in [0, 0.1) is 11.7 Å². The van der Waals surface area contributed by atoms with Gasteiger partial charge in [0.1, 0.15) is 46.8 Å². The van der Waals surface area contributed by atoms with Crippen LogP contribution in [0.3, 0.4) is 0 Å². The second-order valence-corrected chi connectivity index (χ2v) is 14.8. The highest BCUT2D eigenvalue weighted by molar-refractivity contribution is 7.14. The fraction of sp³-hybridized carbons (Fsp3) is 0.447. The molecule has 4 N–H and O–H groups in total. The summed E-state index contributed by atoms with van der Waals surface area (Å²) >= 11 is 1.16. The van der Waals surface area contributed by atoms with E-state index in [4.69, 9.17) is 14.2 Å². The minimum absolute atomic E-state index is 0.0679. The van der Waals surface area contributed by atoms with Crippen molar-refractivity contribution in [1.82, 2.24) is 25.5 Å². The van der Waals surface area contributed by atoms with Crippen molar-refractivity contribution in [3.05, 3.63) is 54.2 Å². The van der Waals surface area contributed by atoms with Crippen molar-refractivity contribution in [1.29, 1.82) is 0 Å². The number of ether oxygens (including phenoxy) is 3. The van der Waals surface area contributed by atoms with Crippen molar-refractivity contribution >= 4 is 57.2 Å². The van der Waals surface area contributed by atoms with Crippen molar-refractivity contribution in [3.63, 3.8) is 0 Å². The first-order valence-corrected chi connectivity index (χ1v) is 18.9. The van der Waals surface area contributed by atoms with Crippen molar-refractivity contribution in [2.75, 3.05) is 19.0 Å². The summed E-state index contributed by atoms with van der Waals surface area (Å²) in [5, 5.41) is 20.2. The number of thiazole rings is 1. The lowest BCUT2D eigenvalue weighted by Crippen LogP contribution is -2.56. The van der Waals surface area contributed by atoms with E-state index in [1.807, 2.05) is 0 Å². The molecule has 6 rings (SSSR count). The number of likely N-dealkylation sites (tertiary alicyclic amines) is 1. The smallest absolute Gasteiger partial charge is 0.408 e. The maximum Gasteiger partial charge on any atom is 0.408 e. The van der Waals surface area contributed by atoms with Gasteiger partial charge in [-0.15, -0.1) is 17.9 Å². The highest BCUT2D eigenvalue weighted by Gasteiger charge is 2.61. The molecule has 3 heterocycles. The second kappa shape index (κ2) is 16.0. The third-order valence-corrected chi connectivity index (χ3v) is 10.9. The van der Waals surface area contributed by atoms with E-state index in [0.717, 1.165) is 24.2 Å². The van der Waals surface area contributed by atoms with Gasteiger partial charge < -0.3 is 40.2 Å². The van der Waals surface area contributed by atoms with Gasteiger partial charge in [0, 0.05) is 35.6 Å². The fourth-order valence-electron chi connectivity index (χ4n) is 7.00. The zero-order valence-electron chi connectivity index (χ0n) is 30.7. The molecule has 292 valence electrons. The Kier molecular flexibility index (Phi) is 11.4. The Morgan fingerprint density at radius 2 is 1.89 bits per heavy atom. The van der Waals surface area contributed by atoms with Gasteiger partial charge in [-0.05, 0) is 56.7 Å². The van der Waals surface area contributed by atoms with Gasteiger partial charge in [0.2, 0.25) is 17.7 Å². The molecule has 0 spiro atoms. The lowest BCUT2D eigenvalue weighted by molar-refractivity contribution is -0.145. The van der Waals surface area contributed by atoms with E-state index in [0.29, 0.717) is 23.7 Å². The largest absolute Gasteiger partial charge is 0.494 e. The second-order valence-electron chi connectivity index (χ2n) is 14.0. The van der Waals surface area contributed by atoms with Crippen LogP contribution in [0.15, 0.2) is 48.4 Å². The third kappa shape index (κ3) is 8.11. The van der Waals surface area contributed by atoms with Gasteiger partial charge in [-0.2, -0.15) is 0 Å².